The molecule has 0 radical (unpaired) electrons. The Morgan fingerprint density at radius 2 is 2.10 bits per heavy atom. The standard InChI is InChI=1S/C14H14N2O2S3/c1-3-16-11-7-6-10(2)9-12(11)20-14(16)15-21(17,18)13-5-4-8-19-13/h4-9H,3H2,1-2H3. The molecule has 2 heterocycles. The summed E-state index contributed by atoms with van der Waals surface area (Å²) in [6.07, 6.45) is 0. The molecule has 0 bridgehead atoms. The van der Waals surface area contributed by atoms with Crippen LogP contribution in [0, 0.1) is 6.92 Å². The van der Waals surface area contributed by atoms with Gasteiger partial charge in [0.1, 0.15) is 4.21 Å². The first-order valence-corrected chi connectivity index (χ1v) is 9.59. The van der Waals surface area contributed by atoms with Crippen molar-refractivity contribution in [1.29, 1.82) is 0 Å². The molecule has 0 N–H and O–H groups in total. The Morgan fingerprint density at radius 1 is 1.29 bits per heavy atom. The zero-order chi connectivity index (χ0) is 15.0. The third-order valence-corrected chi connectivity index (χ3v) is 6.90. The van der Waals surface area contributed by atoms with Crippen molar-refractivity contribution in [3.05, 3.63) is 46.1 Å². The van der Waals surface area contributed by atoms with Gasteiger partial charge in [-0.2, -0.15) is 8.42 Å². The smallest absolute Gasteiger partial charge is 0.294 e. The predicted octanol–water partition coefficient (Wildman–Crippen LogP) is 3.38. The first kappa shape index (κ1) is 14.5. The van der Waals surface area contributed by atoms with Crippen molar-refractivity contribution < 1.29 is 8.42 Å². The van der Waals surface area contributed by atoms with E-state index < -0.39 is 10.0 Å². The number of thiazole rings is 1. The largest absolute Gasteiger partial charge is 0.316 e. The van der Waals surface area contributed by atoms with Crippen molar-refractivity contribution in [2.24, 2.45) is 4.40 Å². The fraction of sp³-hybridized carbons (Fsp3) is 0.214. The minimum absolute atomic E-state index is 0.277. The molecule has 0 aliphatic rings. The number of aryl methyl sites for hydroxylation is 2. The van der Waals surface area contributed by atoms with Crippen LogP contribution >= 0.6 is 22.7 Å². The van der Waals surface area contributed by atoms with Gasteiger partial charge in [0.15, 0.2) is 0 Å². The van der Waals surface area contributed by atoms with E-state index in [4.69, 9.17) is 0 Å². The molecule has 3 rings (SSSR count). The summed E-state index contributed by atoms with van der Waals surface area (Å²) >= 11 is 2.59. The molecule has 0 atom stereocenters. The van der Waals surface area contributed by atoms with E-state index in [0.29, 0.717) is 11.3 Å². The highest BCUT2D eigenvalue weighted by molar-refractivity contribution is 7.92. The van der Waals surface area contributed by atoms with Gasteiger partial charge in [-0.1, -0.05) is 23.5 Å². The van der Waals surface area contributed by atoms with Crippen LogP contribution in [0.2, 0.25) is 0 Å². The number of hydrogen-bond acceptors (Lipinski definition) is 4. The Hall–Kier alpha value is -1.44. The van der Waals surface area contributed by atoms with Crippen molar-refractivity contribution in [3.8, 4) is 0 Å². The lowest BCUT2D eigenvalue weighted by Crippen LogP contribution is -2.15. The van der Waals surface area contributed by atoms with Crippen molar-refractivity contribution in [3.63, 3.8) is 0 Å². The Labute approximate surface area is 131 Å². The summed E-state index contributed by atoms with van der Waals surface area (Å²) < 4.78 is 31.9. The van der Waals surface area contributed by atoms with Gasteiger partial charge in [0.2, 0.25) is 4.80 Å². The van der Waals surface area contributed by atoms with Gasteiger partial charge >= 0.3 is 0 Å². The fourth-order valence-electron chi connectivity index (χ4n) is 2.11. The fourth-order valence-corrected chi connectivity index (χ4v) is 5.48. The van der Waals surface area contributed by atoms with Crippen LogP contribution in [0.3, 0.4) is 0 Å². The van der Waals surface area contributed by atoms with Crippen LogP contribution in [0.1, 0.15) is 12.5 Å². The molecule has 0 saturated carbocycles. The zero-order valence-corrected chi connectivity index (χ0v) is 14.1. The second-order valence-corrected chi connectivity index (χ2v) is 8.39. The van der Waals surface area contributed by atoms with Crippen molar-refractivity contribution in [1.82, 2.24) is 4.57 Å². The highest BCUT2D eigenvalue weighted by Gasteiger charge is 2.15. The van der Waals surface area contributed by atoms with Crippen LogP contribution in [0.4, 0.5) is 0 Å². The van der Waals surface area contributed by atoms with E-state index in [-0.39, 0.29) is 4.21 Å². The van der Waals surface area contributed by atoms with E-state index in [9.17, 15) is 8.42 Å². The number of nitrogens with zero attached hydrogens (tertiary/aromatic N) is 2. The molecule has 0 spiro atoms. The summed E-state index contributed by atoms with van der Waals surface area (Å²) in [5, 5.41) is 1.74. The highest BCUT2D eigenvalue weighted by Crippen LogP contribution is 2.21. The number of benzene rings is 1. The van der Waals surface area contributed by atoms with Crippen LogP contribution in [0.25, 0.3) is 10.2 Å². The molecule has 0 saturated heterocycles. The third kappa shape index (κ3) is 2.68. The van der Waals surface area contributed by atoms with Crippen molar-refractivity contribution >= 4 is 42.9 Å². The molecule has 1 aromatic carbocycles. The topological polar surface area (TPSA) is 51.4 Å². The normalized spacial score (nSPS) is 13.1. The van der Waals surface area contributed by atoms with Crippen LogP contribution in [-0.2, 0) is 16.6 Å². The molecule has 0 unspecified atom stereocenters. The number of fused-ring (bicyclic) bond motifs is 1. The van der Waals surface area contributed by atoms with Gasteiger partial charge in [0.05, 0.1) is 10.2 Å². The first-order chi connectivity index (χ1) is 10.0. The van der Waals surface area contributed by atoms with Crippen molar-refractivity contribution in [2.75, 3.05) is 0 Å². The lowest BCUT2D eigenvalue weighted by molar-refractivity contribution is 0.597. The molecule has 4 nitrogen and oxygen atoms in total. The summed E-state index contributed by atoms with van der Waals surface area (Å²) in [5.74, 6) is 0. The Morgan fingerprint density at radius 3 is 2.76 bits per heavy atom. The average Bonchev–Trinajstić information content (AvgIpc) is 3.04. The summed E-state index contributed by atoms with van der Waals surface area (Å²) in [7, 11) is -3.63. The first-order valence-electron chi connectivity index (χ1n) is 6.46. The van der Waals surface area contributed by atoms with Crippen LogP contribution in [-0.4, -0.2) is 13.0 Å². The Kier molecular flexibility index (Phi) is 3.73. The summed E-state index contributed by atoms with van der Waals surface area (Å²) in [6, 6.07) is 9.40. The minimum Gasteiger partial charge on any atom is -0.316 e. The van der Waals surface area contributed by atoms with E-state index in [1.165, 1.54) is 22.7 Å². The van der Waals surface area contributed by atoms with Gasteiger partial charge in [-0.05, 0) is 43.0 Å². The molecule has 0 aliphatic carbocycles. The minimum atomic E-state index is -3.63. The van der Waals surface area contributed by atoms with Crippen LogP contribution in [0.15, 0.2) is 44.3 Å². The molecule has 0 amide bonds. The lowest BCUT2D eigenvalue weighted by atomic mass is 10.2. The monoisotopic (exact) mass is 338 g/mol. The van der Waals surface area contributed by atoms with Crippen LogP contribution < -0.4 is 4.80 Å². The molecule has 0 aliphatic heterocycles. The van der Waals surface area contributed by atoms with Gasteiger partial charge in [-0.15, -0.1) is 15.7 Å². The van der Waals surface area contributed by atoms with E-state index in [2.05, 4.69) is 10.5 Å². The number of hydrogen-bond donors (Lipinski definition) is 0. The molecule has 21 heavy (non-hydrogen) atoms. The third-order valence-electron chi connectivity index (χ3n) is 3.10. The van der Waals surface area contributed by atoms with Gasteiger partial charge in [-0.25, -0.2) is 0 Å². The average molecular weight is 338 g/mol. The van der Waals surface area contributed by atoms with E-state index in [0.717, 1.165) is 15.8 Å². The van der Waals surface area contributed by atoms with Gasteiger partial charge < -0.3 is 4.57 Å². The molecule has 110 valence electrons. The number of rotatable bonds is 3. The summed E-state index contributed by atoms with van der Waals surface area (Å²) in [6.45, 7) is 4.69. The number of sulfonamides is 1. The summed E-state index contributed by atoms with van der Waals surface area (Å²) in [5.41, 5.74) is 2.17. The maximum absolute atomic E-state index is 12.3. The van der Waals surface area contributed by atoms with E-state index >= 15 is 0 Å². The SMILES string of the molecule is CCn1c(=NS(=O)(=O)c2cccs2)sc2cc(C)ccc21. The second-order valence-electron chi connectivity index (χ2n) is 4.60. The molecule has 7 heteroatoms. The highest BCUT2D eigenvalue weighted by atomic mass is 32.2. The second kappa shape index (κ2) is 5.40. The molecular formula is C14H14N2O2S3. The van der Waals surface area contributed by atoms with Crippen molar-refractivity contribution in [2.45, 2.75) is 24.6 Å². The maximum atomic E-state index is 12.3. The van der Waals surface area contributed by atoms with E-state index in [1.54, 1.807) is 17.5 Å². The molecule has 3 aromatic rings. The van der Waals surface area contributed by atoms with Gasteiger partial charge in [0, 0.05) is 6.54 Å². The lowest BCUT2D eigenvalue weighted by Gasteiger charge is -2.00. The van der Waals surface area contributed by atoms with Gasteiger partial charge in [-0.3, -0.25) is 0 Å². The quantitative estimate of drug-likeness (QED) is 0.735. The molecule has 0 fully saturated rings. The van der Waals surface area contributed by atoms with E-state index in [1.807, 2.05) is 30.5 Å². The van der Waals surface area contributed by atoms with Crippen LogP contribution in [0.5, 0.6) is 0 Å². The molecular weight excluding hydrogens is 324 g/mol. The zero-order valence-electron chi connectivity index (χ0n) is 11.6. The number of thiophene rings is 1. The Bertz CT molecular complexity index is 948. The Balaban J connectivity index is 2.27. The number of aromatic nitrogens is 1. The predicted molar refractivity (Wildman–Crippen MR) is 87.3 cm³/mol. The van der Waals surface area contributed by atoms with Gasteiger partial charge in [0.25, 0.3) is 10.0 Å². The maximum Gasteiger partial charge on any atom is 0.294 e. The summed E-state index contributed by atoms with van der Waals surface area (Å²) in [4.78, 5) is 0.520. The molecule has 2 aromatic heterocycles.